The minimum absolute atomic E-state index is 0.194. The summed E-state index contributed by atoms with van der Waals surface area (Å²) in [7, 11) is 0. The van der Waals surface area contributed by atoms with Gasteiger partial charge in [0.25, 0.3) is 0 Å². The van der Waals surface area contributed by atoms with Gasteiger partial charge in [-0.05, 0) is 51.5 Å². The highest BCUT2D eigenvalue weighted by molar-refractivity contribution is 5.74. The summed E-state index contributed by atoms with van der Waals surface area (Å²) in [5.41, 5.74) is 1.08. The SMILES string of the molecule is C=C(NC(Cc1ccc(O)c(C)c1)C(=O)O)OC(C)(C)C. The zero-order chi connectivity index (χ0) is 16.2. The lowest BCUT2D eigenvalue weighted by atomic mass is 10.0. The van der Waals surface area contributed by atoms with E-state index in [9.17, 15) is 15.0 Å². The molecule has 5 heteroatoms. The Kier molecular flexibility index (Phi) is 5.24. The molecule has 0 amide bonds. The molecule has 0 fully saturated rings. The minimum Gasteiger partial charge on any atom is -0.508 e. The Hall–Kier alpha value is -2.17. The van der Waals surface area contributed by atoms with Crippen LogP contribution < -0.4 is 5.32 Å². The highest BCUT2D eigenvalue weighted by Gasteiger charge is 2.21. The van der Waals surface area contributed by atoms with Crippen molar-refractivity contribution in [1.82, 2.24) is 5.32 Å². The van der Waals surface area contributed by atoms with Crippen LogP contribution in [0.15, 0.2) is 30.7 Å². The number of carboxylic acid groups (broad SMARTS) is 1. The summed E-state index contributed by atoms with van der Waals surface area (Å²) in [4.78, 5) is 11.3. The first-order chi connectivity index (χ1) is 9.58. The van der Waals surface area contributed by atoms with Crippen LogP contribution in [-0.4, -0.2) is 27.8 Å². The van der Waals surface area contributed by atoms with E-state index in [0.717, 1.165) is 5.56 Å². The van der Waals surface area contributed by atoms with E-state index in [1.165, 1.54) is 0 Å². The first kappa shape index (κ1) is 16.9. The second-order valence-electron chi connectivity index (χ2n) is 6.00. The van der Waals surface area contributed by atoms with Gasteiger partial charge in [-0.3, -0.25) is 0 Å². The lowest BCUT2D eigenvalue weighted by Gasteiger charge is -2.25. The van der Waals surface area contributed by atoms with Crippen LogP contribution in [0.2, 0.25) is 0 Å². The van der Waals surface area contributed by atoms with Gasteiger partial charge in [-0.1, -0.05) is 12.1 Å². The molecule has 1 aromatic carbocycles. The van der Waals surface area contributed by atoms with Crippen LogP contribution in [0.25, 0.3) is 0 Å². The van der Waals surface area contributed by atoms with E-state index in [-0.39, 0.29) is 18.1 Å². The van der Waals surface area contributed by atoms with Crippen molar-refractivity contribution in [3.63, 3.8) is 0 Å². The highest BCUT2D eigenvalue weighted by atomic mass is 16.5. The molecule has 5 nitrogen and oxygen atoms in total. The van der Waals surface area contributed by atoms with Crippen molar-refractivity contribution in [2.24, 2.45) is 0 Å². The Morgan fingerprint density at radius 2 is 2.05 bits per heavy atom. The first-order valence-corrected chi connectivity index (χ1v) is 6.74. The molecule has 0 spiro atoms. The van der Waals surface area contributed by atoms with Gasteiger partial charge in [0.05, 0.1) is 0 Å². The summed E-state index contributed by atoms with van der Waals surface area (Å²) in [5, 5.41) is 21.6. The molecule has 3 N–H and O–H groups in total. The number of phenolic OH excluding ortho intramolecular Hbond substituents is 1. The molecule has 0 aliphatic carbocycles. The second kappa shape index (κ2) is 6.52. The van der Waals surface area contributed by atoms with Gasteiger partial charge >= 0.3 is 5.97 Å². The van der Waals surface area contributed by atoms with Crippen molar-refractivity contribution in [2.75, 3.05) is 0 Å². The van der Waals surface area contributed by atoms with Crippen LogP contribution in [0, 0.1) is 6.92 Å². The third kappa shape index (κ3) is 5.77. The van der Waals surface area contributed by atoms with Crippen molar-refractivity contribution in [3.05, 3.63) is 41.8 Å². The number of nitrogens with one attached hydrogen (secondary N) is 1. The standard InChI is InChI=1S/C16H23NO4/c1-10-8-12(6-7-14(10)18)9-13(15(19)20)17-11(2)21-16(3,4)5/h6-8,13,17-18H,2,9H2,1,3-5H3,(H,19,20). The molecule has 116 valence electrons. The fourth-order valence-corrected chi connectivity index (χ4v) is 1.87. The van der Waals surface area contributed by atoms with Gasteiger partial charge in [0.15, 0.2) is 5.88 Å². The average molecular weight is 293 g/mol. The molecular formula is C16H23NO4. The number of carbonyl (C=O) groups is 1. The maximum absolute atomic E-state index is 11.3. The fraction of sp³-hybridized carbons (Fsp3) is 0.438. The molecule has 1 aromatic rings. The summed E-state index contributed by atoms with van der Waals surface area (Å²) in [5.74, 6) is -0.566. The highest BCUT2D eigenvalue weighted by Crippen LogP contribution is 2.18. The Morgan fingerprint density at radius 1 is 1.43 bits per heavy atom. The summed E-state index contributed by atoms with van der Waals surface area (Å²) in [6, 6.07) is 4.18. The summed E-state index contributed by atoms with van der Waals surface area (Å²) in [6.45, 7) is 11.0. The molecular weight excluding hydrogens is 270 g/mol. The summed E-state index contributed by atoms with van der Waals surface area (Å²) < 4.78 is 5.49. The van der Waals surface area contributed by atoms with Crippen molar-refractivity contribution in [3.8, 4) is 5.75 Å². The summed E-state index contributed by atoms with van der Waals surface area (Å²) in [6.07, 6.45) is 0.267. The Bertz CT molecular complexity index is 532. The number of benzene rings is 1. The van der Waals surface area contributed by atoms with E-state index in [0.29, 0.717) is 5.56 Å². The van der Waals surface area contributed by atoms with Gasteiger partial charge in [-0.25, -0.2) is 4.79 Å². The van der Waals surface area contributed by atoms with Crippen LogP contribution in [-0.2, 0) is 16.0 Å². The molecule has 0 aliphatic rings. The minimum atomic E-state index is -0.987. The van der Waals surface area contributed by atoms with E-state index in [4.69, 9.17) is 4.74 Å². The number of carboxylic acids is 1. The second-order valence-corrected chi connectivity index (χ2v) is 6.00. The molecule has 0 bridgehead atoms. The Labute approximate surface area is 125 Å². The van der Waals surface area contributed by atoms with Crippen LogP contribution in [0.1, 0.15) is 31.9 Å². The number of phenols is 1. The van der Waals surface area contributed by atoms with Gasteiger partial charge in [0.2, 0.25) is 0 Å². The predicted octanol–water partition coefficient (Wildman–Crippen LogP) is 2.57. The quantitative estimate of drug-likeness (QED) is 0.703. The molecule has 21 heavy (non-hydrogen) atoms. The smallest absolute Gasteiger partial charge is 0.326 e. The molecule has 1 atom stereocenters. The van der Waals surface area contributed by atoms with E-state index in [1.54, 1.807) is 25.1 Å². The van der Waals surface area contributed by atoms with Gasteiger partial charge < -0.3 is 20.3 Å². The molecule has 0 aliphatic heterocycles. The summed E-state index contributed by atoms with van der Waals surface area (Å²) >= 11 is 0. The number of aromatic hydroxyl groups is 1. The van der Waals surface area contributed by atoms with Gasteiger partial charge in [0, 0.05) is 6.42 Å². The van der Waals surface area contributed by atoms with E-state index < -0.39 is 17.6 Å². The molecule has 1 rings (SSSR count). The third-order valence-electron chi connectivity index (χ3n) is 2.76. The third-order valence-corrected chi connectivity index (χ3v) is 2.76. The number of aryl methyl sites for hydroxylation is 1. The molecule has 0 saturated carbocycles. The topological polar surface area (TPSA) is 78.8 Å². The zero-order valence-corrected chi connectivity index (χ0v) is 12.9. The van der Waals surface area contributed by atoms with Crippen molar-refractivity contribution in [1.29, 1.82) is 0 Å². The molecule has 0 saturated heterocycles. The van der Waals surface area contributed by atoms with Crippen LogP contribution >= 0.6 is 0 Å². The average Bonchev–Trinajstić information content (AvgIpc) is 2.30. The fourth-order valence-electron chi connectivity index (χ4n) is 1.87. The monoisotopic (exact) mass is 293 g/mol. The van der Waals surface area contributed by atoms with Crippen LogP contribution in [0.5, 0.6) is 5.75 Å². The molecule has 0 aromatic heterocycles. The lowest BCUT2D eigenvalue weighted by molar-refractivity contribution is -0.139. The first-order valence-electron chi connectivity index (χ1n) is 6.74. The largest absolute Gasteiger partial charge is 0.508 e. The van der Waals surface area contributed by atoms with Crippen LogP contribution in [0.3, 0.4) is 0 Å². The maximum atomic E-state index is 11.3. The van der Waals surface area contributed by atoms with Crippen molar-refractivity contribution < 1.29 is 19.7 Å². The number of rotatable bonds is 6. The Balaban J connectivity index is 2.76. The lowest BCUT2D eigenvalue weighted by Crippen LogP contribution is -2.40. The maximum Gasteiger partial charge on any atom is 0.326 e. The Morgan fingerprint density at radius 3 is 2.52 bits per heavy atom. The van der Waals surface area contributed by atoms with Crippen LogP contribution in [0.4, 0.5) is 0 Å². The number of hydrogen-bond donors (Lipinski definition) is 3. The van der Waals surface area contributed by atoms with Crippen molar-refractivity contribution in [2.45, 2.75) is 45.8 Å². The molecule has 0 radical (unpaired) electrons. The number of hydrogen-bond acceptors (Lipinski definition) is 4. The van der Waals surface area contributed by atoms with Gasteiger partial charge in [-0.2, -0.15) is 0 Å². The van der Waals surface area contributed by atoms with E-state index in [2.05, 4.69) is 11.9 Å². The molecule has 1 unspecified atom stereocenters. The normalized spacial score (nSPS) is 12.6. The van der Waals surface area contributed by atoms with Gasteiger partial charge in [0.1, 0.15) is 17.4 Å². The number of ether oxygens (including phenoxy) is 1. The number of aliphatic carboxylic acids is 1. The molecule has 0 heterocycles. The van der Waals surface area contributed by atoms with Gasteiger partial charge in [-0.15, -0.1) is 0 Å². The predicted molar refractivity (Wildman–Crippen MR) is 81.1 cm³/mol. The van der Waals surface area contributed by atoms with E-state index in [1.807, 2.05) is 20.8 Å². The van der Waals surface area contributed by atoms with E-state index >= 15 is 0 Å². The zero-order valence-electron chi connectivity index (χ0n) is 12.9. The van der Waals surface area contributed by atoms with Crippen molar-refractivity contribution >= 4 is 5.97 Å².